The van der Waals surface area contributed by atoms with E-state index in [1.807, 2.05) is 13.0 Å². The summed E-state index contributed by atoms with van der Waals surface area (Å²) in [6, 6.07) is 4.40. The van der Waals surface area contributed by atoms with Crippen LogP contribution in [0.25, 0.3) is 11.4 Å². The second-order valence-electron chi connectivity index (χ2n) is 4.72. The van der Waals surface area contributed by atoms with Crippen LogP contribution in [-0.2, 0) is 0 Å². The molecule has 1 atom stereocenters. The number of rotatable bonds is 5. The zero-order chi connectivity index (χ0) is 13.8. The molecule has 0 spiro atoms. The molecule has 0 fully saturated rings. The first kappa shape index (κ1) is 13.7. The van der Waals surface area contributed by atoms with Crippen molar-refractivity contribution in [2.75, 3.05) is 0 Å². The largest absolute Gasteiger partial charge is 0.337 e. The van der Waals surface area contributed by atoms with Crippen LogP contribution in [0.5, 0.6) is 0 Å². The minimum absolute atomic E-state index is 0.254. The lowest BCUT2D eigenvalue weighted by molar-refractivity contribution is 0.346. The molecule has 102 valence electrons. The van der Waals surface area contributed by atoms with Crippen molar-refractivity contribution in [1.29, 1.82) is 0 Å². The van der Waals surface area contributed by atoms with Gasteiger partial charge in [-0.2, -0.15) is 4.98 Å². The van der Waals surface area contributed by atoms with E-state index in [0.717, 1.165) is 24.8 Å². The summed E-state index contributed by atoms with van der Waals surface area (Å²) in [7, 11) is 0. The Labute approximate surface area is 111 Å². The highest BCUT2D eigenvalue weighted by molar-refractivity contribution is 5.55. The number of benzene rings is 1. The molecule has 4 nitrogen and oxygen atoms in total. The minimum Gasteiger partial charge on any atom is -0.337 e. The maximum absolute atomic E-state index is 13.3. The van der Waals surface area contributed by atoms with Crippen molar-refractivity contribution in [3.05, 3.63) is 35.5 Å². The van der Waals surface area contributed by atoms with Crippen molar-refractivity contribution in [3.8, 4) is 11.4 Å². The van der Waals surface area contributed by atoms with Gasteiger partial charge in [-0.1, -0.05) is 24.9 Å². The second kappa shape index (κ2) is 5.93. The lowest BCUT2D eigenvalue weighted by Gasteiger charge is -2.03. The van der Waals surface area contributed by atoms with Gasteiger partial charge < -0.3 is 10.3 Å². The Balaban J connectivity index is 2.20. The first-order chi connectivity index (χ1) is 9.10. The summed E-state index contributed by atoms with van der Waals surface area (Å²) in [4.78, 5) is 4.25. The number of aryl methyl sites for hydroxylation is 1. The number of nitrogens with two attached hydrogens (primary N) is 1. The molecule has 0 saturated carbocycles. The Morgan fingerprint density at radius 3 is 2.84 bits per heavy atom. The fourth-order valence-corrected chi connectivity index (χ4v) is 1.92. The Kier molecular flexibility index (Phi) is 4.27. The van der Waals surface area contributed by atoms with E-state index in [0.29, 0.717) is 17.3 Å². The second-order valence-corrected chi connectivity index (χ2v) is 4.72. The van der Waals surface area contributed by atoms with Crippen LogP contribution in [0.4, 0.5) is 4.39 Å². The molecular weight excluding hydrogens is 245 g/mol. The summed E-state index contributed by atoms with van der Waals surface area (Å²) in [5.74, 6) is 0.478. The molecule has 5 heteroatoms. The SMILES string of the molecule is CCCC[C@H](N)c1nc(-c2cc(C)cc(F)c2)no1. The summed E-state index contributed by atoms with van der Waals surface area (Å²) < 4.78 is 18.5. The van der Waals surface area contributed by atoms with Crippen LogP contribution in [-0.4, -0.2) is 10.1 Å². The van der Waals surface area contributed by atoms with Crippen molar-refractivity contribution in [1.82, 2.24) is 10.1 Å². The van der Waals surface area contributed by atoms with Crippen LogP contribution >= 0.6 is 0 Å². The molecule has 0 radical (unpaired) electrons. The Hall–Kier alpha value is -1.75. The average Bonchev–Trinajstić information content (AvgIpc) is 2.84. The van der Waals surface area contributed by atoms with Gasteiger partial charge in [-0.3, -0.25) is 0 Å². The maximum Gasteiger partial charge on any atom is 0.243 e. The molecule has 0 aliphatic heterocycles. The molecule has 1 heterocycles. The van der Waals surface area contributed by atoms with Crippen LogP contribution in [0, 0.1) is 12.7 Å². The lowest BCUT2D eigenvalue weighted by atomic mass is 10.1. The number of hydrogen-bond donors (Lipinski definition) is 1. The van der Waals surface area contributed by atoms with E-state index >= 15 is 0 Å². The number of nitrogens with zero attached hydrogens (tertiary/aromatic N) is 2. The molecule has 2 aromatic rings. The topological polar surface area (TPSA) is 64.9 Å². The van der Waals surface area contributed by atoms with E-state index in [1.54, 1.807) is 0 Å². The molecule has 0 aliphatic rings. The van der Waals surface area contributed by atoms with Gasteiger partial charge in [-0.15, -0.1) is 0 Å². The molecule has 0 unspecified atom stereocenters. The smallest absolute Gasteiger partial charge is 0.243 e. The highest BCUT2D eigenvalue weighted by Gasteiger charge is 2.15. The van der Waals surface area contributed by atoms with Crippen molar-refractivity contribution in [2.24, 2.45) is 5.73 Å². The number of unbranched alkanes of at least 4 members (excludes halogenated alkanes) is 1. The normalized spacial score (nSPS) is 12.6. The third-order valence-corrected chi connectivity index (χ3v) is 2.93. The average molecular weight is 263 g/mol. The number of aromatic nitrogens is 2. The van der Waals surface area contributed by atoms with Gasteiger partial charge >= 0.3 is 0 Å². The molecular formula is C14H18FN3O. The van der Waals surface area contributed by atoms with Crippen molar-refractivity contribution in [3.63, 3.8) is 0 Å². The molecule has 0 amide bonds. The molecule has 1 aromatic heterocycles. The van der Waals surface area contributed by atoms with E-state index in [-0.39, 0.29) is 11.9 Å². The van der Waals surface area contributed by atoms with Gasteiger partial charge in [-0.05, 0) is 37.1 Å². The van der Waals surface area contributed by atoms with Gasteiger partial charge in [0.1, 0.15) is 5.82 Å². The predicted molar refractivity (Wildman–Crippen MR) is 70.9 cm³/mol. The molecule has 2 N–H and O–H groups in total. The van der Waals surface area contributed by atoms with Crippen LogP contribution in [0.1, 0.15) is 43.7 Å². The van der Waals surface area contributed by atoms with Gasteiger partial charge in [0.15, 0.2) is 0 Å². The number of hydrogen-bond acceptors (Lipinski definition) is 4. The van der Waals surface area contributed by atoms with Crippen molar-refractivity contribution < 1.29 is 8.91 Å². The lowest BCUT2D eigenvalue weighted by Crippen LogP contribution is -2.10. The third kappa shape index (κ3) is 3.38. The van der Waals surface area contributed by atoms with E-state index in [9.17, 15) is 4.39 Å². The Morgan fingerprint density at radius 2 is 2.16 bits per heavy atom. The van der Waals surface area contributed by atoms with Gasteiger partial charge in [0.2, 0.25) is 11.7 Å². The highest BCUT2D eigenvalue weighted by Crippen LogP contribution is 2.22. The number of halogens is 1. The van der Waals surface area contributed by atoms with Crippen LogP contribution in [0.2, 0.25) is 0 Å². The molecule has 0 bridgehead atoms. The third-order valence-electron chi connectivity index (χ3n) is 2.93. The fourth-order valence-electron chi connectivity index (χ4n) is 1.92. The standard InChI is InChI=1S/C14H18FN3O/c1-3-4-5-12(16)14-17-13(18-19-14)10-6-9(2)7-11(15)8-10/h6-8,12H,3-5,16H2,1-2H3/t12-/m0/s1. The Bertz CT molecular complexity index is 533. The van der Waals surface area contributed by atoms with Gasteiger partial charge in [0, 0.05) is 5.56 Å². The van der Waals surface area contributed by atoms with Gasteiger partial charge in [0.25, 0.3) is 0 Å². The first-order valence-electron chi connectivity index (χ1n) is 6.47. The van der Waals surface area contributed by atoms with Crippen LogP contribution < -0.4 is 5.73 Å². The van der Waals surface area contributed by atoms with E-state index in [1.165, 1.54) is 12.1 Å². The zero-order valence-corrected chi connectivity index (χ0v) is 11.2. The van der Waals surface area contributed by atoms with Gasteiger partial charge in [0.05, 0.1) is 6.04 Å². The van der Waals surface area contributed by atoms with Crippen molar-refractivity contribution >= 4 is 0 Å². The molecule has 2 rings (SSSR count). The molecule has 1 aromatic carbocycles. The first-order valence-corrected chi connectivity index (χ1v) is 6.47. The maximum atomic E-state index is 13.3. The summed E-state index contributed by atoms with van der Waals surface area (Å²) in [5, 5.41) is 3.87. The van der Waals surface area contributed by atoms with Crippen LogP contribution in [0.3, 0.4) is 0 Å². The van der Waals surface area contributed by atoms with E-state index in [2.05, 4.69) is 17.1 Å². The highest BCUT2D eigenvalue weighted by atomic mass is 19.1. The molecule has 0 saturated heterocycles. The van der Waals surface area contributed by atoms with E-state index < -0.39 is 0 Å². The van der Waals surface area contributed by atoms with Gasteiger partial charge in [-0.25, -0.2) is 4.39 Å². The summed E-state index contributed by atoms with van der Waals surface area (Å²) in [6.45, 7) is 3.92. The predicted octanol–water partition coefficient (Wildman–Crippen LogP) is 3.37. The minimum atomic E-state index is -0.309. The molecule has 0 aliphatic carbocycles. The molecule has 19 heavy (non-hydrogen) atoms. The summed E-state index contributed by atoms with van der Waals surface area (Å²) >= 11 is 0. The van der Waals surface area contributed by atoms with Crippen molar-refractivity contribution in [2.45, 2.75) is 39.2 Å². The van der Waals surface area contributed by atoms with E-state index in [4.69, 9.17) is 10.3 Å². The summed E-state index contributed by atoms with van der Waals surface area (Å²) in [5.41, 5.74) is 7.38. The zero-order valence-electron chi connectivity index (χ0n) is 11.2. The Morgan fingerprint density at radius 1 is 1.37 bits per heavy atom. The summed E-state index contributed by atoms with van der Waals surface area (Å²) in [6.07, 6.45) is 2.88. The van der Waals surface area contributed by atoms with Crippen LogP contribution in [0.15, 0.2) is 22.7 Å². The fraction of sp³-hybridized carbons (Fsp3) is 0.429. The quantitative estimate of drug-likeness (QED) is 0.898. The monoisotopic (exact) mass is 263 g/mol.